The molecule has 3 atom stereocenters. The van der Waals surface area contributed by atoms with Gasteiger partial charge in [0.2, 0.25) is 0 Å². The first-order valence-electron chi connectivity index (χ1n) is 43.6. The van der Waals surface area contributed by atoms with Gasteiger partial charge in [-0.2, -0.15) is 0 Å². The van der Waals surface area contributed by atoms with Gasteiger partial charge < -0.3 is 27.4 Å². The normalized spacial score (nSPS) is 15.6. The van der Waals surface area contributed by atoms with E-state index in [4.69, 9.17) is 0 Å². The van der Waals surface area contributed by atoms with Crippen molar-refractivity contribution < 1.29 is 13.7 Å². The fourth-order valence-electron chi connectivity index (χ4n) is 20.7. The van der Waals surface area contributed by atoms with Crippen molar-refractivity contribution in [2.75, 3.05) is 0 Å². The second-order valence-corrected chi connectivity index (χ2v) is 41.7. The van der Waals surface area contributed by atoms with Crippen LogP contribution in [0.2, 0.25) is 0 Å². The third-order valence-corrected chi connectivity index (χ3v) is 36.1. The molecule has 8 nitrogen and oxygen atoms in total. The predicted molar refractivity (Wildman–Crippen MR) is 542 cm³/mol. The summed E-state index contributed by atoms with van der Waals surface area (Å²) in [5, 5.41) is 19.8. The number of hydrogen-bond donors (Lipinski definition) is 0. The summed E-state index contributed by atoms with van der Waals surface area (Å²) in [6.45, 7) is 0. The summed E-state index contributed by atoms with van der Waals surface area (Å²) in [6, 6.07) is 156. The van der Waals surface area contributed by atoms with Crippen molar-refractivity contribution in [3.8, 4) is 83.8 Å². The highest BCUT2D eigenvalue weighted by Crippen LogP contribution is 2.57. The molecule has 0 saturated heterocycles. The van der Waals surface area contributed by atoms with Crippen molar-refractivity contribution in [3.05, 3.63) is 461 Å². The summed E-state index contributed by atoms with van der Waals surface area (Å²) < 4.78 is 52.5. The average molecular weight is 1700 g/mol. The van der Waals surface area contributed by atoms with Crippen molar-refractivity contribution in [3.63, 3.8) is 0 Å². The first-order chi connectivity index (χ1) is 63.6. The fourth-order valence-corrected chi connectivity index (χ4v) is 29.9. The third-order valence-electron chi connectivity index (χ3n) is 26.7. The van der Waals surface area contributed by atoms with Crippen LogP contribution < -0.4 is 47.7 Å². The minimum atomic E-state index is -3.02. The molecule has 129 heavy (non-hydrogen) atoms. The van der Waals surface area contributed by atoms with E-state index >= 15 is 13.7 Å². The maximum Gasteiger partial charge on any atom is 0.172 e. The van der Waals surface area contributed by atoms with E-state index in [0.717, 1.165) is 208 Å². The van der Waals surface area contributed by atoms with E-state index in [9.17, 15) is 0 Å². The zero-order valence-corrected chi connectivity index (χ0v) is 72.4. The average Bonchev–Trinajstić information content (AvgIpc) is 1.55. The number of pyridine rings is 2. The topological polar surface area (TPSA) is 91.8 Å². The molecule has 0 amide bonds. The van der Waals surface area contributed by atoms with Gasteiger partial charge in [-0.15, -0.1) is 0 Å². The molecule has 19 aromatic carbocycles. The van der Waals surface area contributed by atoms with E-state index in [1.165, 1.54) is 21.9 Å². The second-order valence-electron chi connectivity index (χ2n) is 33.6. The number of benzene rings is 19. The quantitative estimate of drug-likeness (QED) is 0.134. The number of aromatic nitrogens is 5. The van der Waals surface area contributed by atoms with Gasteiger partial charge in [0.15, 0.2) is 21.4 Å². The Morgan fingerprint density at radius 2 is 0.512 bits per heavy atom. The van der Waals surface area contributed by atoms with Crippen molar-refractivity contribution in [1.82, 2.24) is 23.7 Å². The minimum Gasteiger partial charge on any atom is -0.309 e. The summed E-state index contributed by atoms with van der Waals surface area (Å²) in [4.78, 5) is 9.21. The minimum absolute atomic E-state index is 0.878. The summed E-state index contributed by atoms with van der Waals surface area (Å²) in [7, 11) is -9.06. The molecule has 24 aromatic rings. The SMILES string of the molecule is O=P1(c2ccccc2)c2ccccc2-c2cc3c(cc21)c1ccccc1n3-c1ccc(-c2ccc3ccccc3c2)cc1.O=P1(c2ccccc2)c2ccccc2-c2cc3c(cc21)c1ccccc1n3-c1ccc(-c2ccc3cccnc3c2)cc1.O=P1(c2ccccc2)c2ccccc2-c2cc3c(cc21)c1ccccc1n3-c1ccc(-c2cccc3cccnc23)cc1. The Hall–Kier alpha value is -15.7. The summed E-state index contributed by atoms with van der Waals surface area (Å²) in [5.74, 6) is 0. The Bertz CT molecular complexity index is 8550. The van der Waals surface area contributed by atoms with Gasteiger partial charge in [-0.05, 0) is 187 Å². The first-order valence-corrected chi connectivity index (χ1v) is 48.7. The van der Waals surface area contributed by atoms with Crippen molar-refractivity contribution in [1.29, 1.82) is 0 Å². The van der Waals surface area contributed by atoms with Crippen LogP contribution in [0.1, 0.15) is 0 Å². The lowest BCUT2D eigenvalue weighted by Crippen LogP contribution is -2.20. The third kappa shape index (κ3) is 11.9. The largest absolute Gasteiger partial charge is 0.309 e. The maximum atomic E-state index is 15.2. The molecular weight excluding hydrogens is 1630 g/mol. The lowest BCUT2D eigenvalue weighted by atomic mass is 10.0. The predicted octanol–water partition coefficient (Wildman–Crippen LogP) is 26.5. The van der Waals surface area contributed by atoms with Crippen molar-refractivity contribution >= 4 is 167 Å². The molecule has 0 spiro atoms. The molecular formula is C118H76N5O3P3. The molecule has 3 aliphatic rings. The van der Waals surface area contributed by atoms with E-state index in [0.29, 0.717) is 0 Å². The molecule has 0 aliphatic carbocycles. The Morgan fingerprint density at radius 3 is 0.953 bits per heavy atom. The monoisotopic (exact) mass is 1700 g/mol. The smallest absolute Gasteiger partial charge is 0.172 e. The van der Waals surface area contributed by atoms with E-state index in [1.807, 2.05) is 164 Å². The molecule has 606 valence electrons. The Morgan fingerprint density at radius 1 is 0.186 bits per heavy atom. The molecule has 3 aliphatic heterocycles. The van der Waals surface area contributed by atoms with Crippen LogP contribution in [-0.2, 0) is 13.7 Å². The van der Waals surface area contributed by atoms with Gasteiger partial charge in [-0.1, -0.05) is 334 Å². The van der Waals surface area contributed by atoms with Gasteiger partial charge in [0, 0.05) is 126 Å². The van der Waals surface area contributed by atoms with Crippen LogP contribution in [0.25, 0.3) is 182 Å². The number of para-hydroxylation sites is 4. The van der Waals surface area contributed by atoms with Crippen LogP contribution in [0, 0.1) is 0 Å². The lowest BCUT2D eigenvalue weighted by Gasteiger charge is -2.16. The van der Waals surface area contributed by atoms with E-state index < -0.39 is 21.4 Å². The van der Waals surface area contributed by atoms with Crippen molar-refractivity contribution in [2.24, 2.45) is 0 Å². The van der Waals surface area contributed by atoms with Crippen LogP contribution in [0.15, 0.2) is 461 Å². The Kier molecular flexibility index (Phi) is 17.7. The molecule has 0 N–H and O–H groups in total. The van der Waals surface area contributed by atoms with Crippen molar-refractivity contribution in [2.45, 2.75) is 0 Å². The Labute approximate surface area is 744 Å². The van der Waals surface area contributed by atoms with Crippen LogP contribution in [-0.4, -0.2) is 23.7 Å². The molecule has 27 rings (SSSR count). The number of fused-ring (bicyclic) bond motifs is 21. The molecule has 0 saturated carbocycles. The lowest BCUT2D eigenvalue weighted by molar-refractivity contribution is 0.592. The van der Waals surface area contributed by atoms with E-state index in [-0.39, 0.29) is 0 Å². The van der Waals surface area contributed by atoms with Gasteiger partial charge in [0.25, 0.3) is 0 Å². The van der Waals surface area contributed by atoms with Crippen LogP contribution in [0.4, 0.5) is 0 Å². The zero-order chi connectivity index (χ0) is 85.6. The standard InChI is InChI=1S/C40H26NOP.2C39H25N2OP/c42-43(32-12-2-1-3-13-32)39-17-9-7-15-34(39)36-25-38-35(26-40(36)43)33-14-6-8-16-37(33)41(38)31-22-20-28(21-23-31)30-19-18-27-10-4-5-11-29(27)24-30;42-43(29-12-2-1-3-13-29)37-18-7-5-15-32(37)34-24-36-33(25-38(34)43)31-14-4-6-17-35(31)41(36)28-21-19-26(20-22-28)30-16-8-10-27-11-9-23-40-39(27)30;42-43(30-10-2-1-3-11-30)38-15-7-5-13-32(38)34-24-37-33(25-39(34)43)31-12-4-6-14-36(31)41(37)29-20-18-26(19-21-29)28-17-16-27-9-8-22-40-35(27)23-28/h1-26H;2*1-25H. The first kappa shape index (κ1) is 75.8. The van der Waals surface area contributed by atoms with Gasteiger partial charge >= 0.3 is 0 Å². The molecule has 0 radical (unpaired) electrons. The highest BCUT2D eigenvalue weighted by molar-refractivity contribution is 7.87. The fraction of sp³-hybridized carbons (Fsp3) is 0. The van der Waals surface area contributed by atoms with Crippen LogP contribution in [0.3, 0.4) is 0 Å². The summed E-state index contributed by atoms with van der Waals surface area (Å²) in [6.07, 6.45) is 3.69. The van der Waals surface area contributed by atoms with Gasteiger partial charge in [-0.25, -0.2) is 0 Å². The maximum absolute atomic E-state index is 15.2. The van der Waals surface area contributed by atoms with Gasteiger partial charge in [0.1, 0.15) is 0 Å². The van der Waals surface area contributed by atoms with Crippen LogP contribution >= 0.6 is 21.4 Å². The highest BCUT2D eigenvalue weighted by atomic mass is 31.2. The summed E-state index contributed by atoms with van der Waals surface area (Å²) >= 11 is 0. The number of hydrogen-bond acceptors (Lipinski definition) is 5. The summed E-state index contributed by atoms with van der Waals surface area (Å²) in [5.41, 5.74) is 25.3. The zero-order valence-electron chi connectivity index (χ0n) is 69.7. The molecule has 5 aromatic heterocycles. The molecule has 0 bridgehead atoms. The molecule has 3 unspecified atom stereocenters. The number of rotatable bonds is 9. The number of nitrogens with zero attached hydrogens (tertiary/aromatic N) is 5. The molecule has 11 heteroatoms. The van der Waals surface area contributed by atoms with Gasteiger partial charge in [-0.3, -0.25) is 9.97 Å². The van der Waals surface area contributed by atoms with E-state index in [2.05, 4.69) is 321 Å². The molecule has 8 heterocycles. The second kappa shape index (κ2) is 30.0. The highest BCUT2D eigenvalue weighted by Gasteiger charge is 2.44. The van der Waals surface area contributed by atoms with E-state index in [1.54, 1.807) is 0 Å². The Balaban J connectivity index is 0.000000105. The van der Waals surface area contributed by atoms with Crippen LogP contribution in [0.5, 0.6) is 0 Å². The molecule has 0 fully saturated rings. The van der Waals surface area contributed by atoms with Gasteiger partial charge in [0.05, 0.1) is 44.1 Å².